The van der Waals surface area contributed by atoms with Gasteiger partial charge < -0.3 is 9.47 Å². The zero-order valence-electron chi connectivity index (χ0n) is 11.8. The predicted molar refractivity (Wildman–Crippen MR) is 68.1 cm³/mol. The second-order valence-electron chi connectivity index (χ2n) is 5.98. The minimum Gasteiger partial charge on any atom is -0.469 e. The molecule has 0 N–H and O–H groups in total. The summed E-state index contributed by atoms with van der Waals surface area (Å²) in [7, 11) is 1.36. The fourth-order valence-electron chi connectivity index (χ4n) is 2.38. The standard InChI is InChI=1S/C14H24O4/c1-14(2,3)13(16)11(8-12(15)17-4)10-6-5-7-18-9-10/h10-11H,5-9H2,1-4H3. The fourth-order valence-corrected chi connectivity index (χ4v) is 2.38. The lowest BCUT2D eigenvalue weighted by Gasteiger charge is -2.32. The van der Waals surface area contributed by atoms with E-state index in [-0.39, 0.29) is 30.0 Å². The molecular formula is C14H24O4. The molecule has 0 amide bonds. The number of Topliss-reactive ketones (excluding diaryl/α,β-unsaturated/α-hetero) is 1. The third-order valence-corrected chi connectivity index (χ3v) is 3.45. The molecule has 1 fully saturated rings. The lowest BCUT2D eigenvalue weighted by molar-refractivity contribution is -0.147. The Labute approximate surface area is 109 Å². The van der Waals surface area contributed by atoms with Crippen molar-refractivity contribution >= 4 is 11.8 Å². The lowest BCUT2D eigenvalue weighted by atomic mass is 9.74. The maximum atomic E-state index is 12.5. The highest BCUT2D eigenvalue weighted by molar-refractivity contribution is 5.89. The fraction of sp³-hybridized carbons (Fsp3) is 0.857. The topological polar surface area (TPSA) is 52.6 Å². The molecule has 1 aliphatic rings. The molecule has 104 valence electrons. The van der Waals surface area contributed by atoms with E-state index in [1.54, 1.807) is 0 Å². The Kier molecular flexibility index (Phi) is 5.32. The van der Waals surface area contributed by atoms with Crippen LogP contribution in [0.15, 0.2) is 0 Å². The van der Waals surface area contributed by atoms with E-state index in [0.29, 0.717) is 6.61 Å². The Balaban J connectivity index is 2.79. The maximum Gasteiger partial charge on any atom is 0.306 e. The molecule has 0 spiro atoms. The third-order valence-electron chi connectivity index (χ3n) is 3.45. The van der Waals surface area contributed by atoms with Crippen LogP contribution >= 0.6 is 0 Å². The van der Waals surface area contributed by atoms with Gasteiger partial charge in [0.25, 0.3) is 0 Å². The number of hydrogen-bond acceptors (Lipinski definition) is 4. The average molecular weight is 256 g/mol. The summed E-state index contributed by atoms with van der Waals surface area (Å²) >= 11 is 0. The molecule has 0 radical (unpaired) electrons. The predicted octanol–water partition coefficient (Wildman–Crippen LogP) is 2.21. The van der Waals surface area contributed by atoms with E-state index in [1.807, 2.05) is 20.8 Å². The second-order valence-corrected chi connectivity index (χ2v) is 5.98. The van der Waals surface area contributed by atoms with Gasteiger partial charge in [0.1, 0.15) is 5.78 Å². The molecule has 1 aliphatic heterocycles. The molecule has 4 nitrogen and oxygen atoms in total. The summed E-state index contributed by atoms with van der Waals surface area (Å²) in [6, 6.07) is 0. The van der Waals surface area contributed by atoms with E-state index in [0.717, 1.165) is 19.4 Å². The minimum atomic E-state index is -0.434. The van der Waals surface area contributed by atoms with E-state index in [2.05, 4.69) is 0 Å². The number of carbonyl (C=O) groups excluding carboxylic acids is 2. The van der Waals surface area contributed by atoms with Gasteiger partial charge in [-0.15, -0.1) is 0 Å². The molecule has 0 aromatic carbocycles. The zero-order chi connectivity index (χ0) is 13.8. The molecule has 1 heterocycles. The van der Waals surface area contributed by atoms with Crippen LogP contribution in [0.2, 0.25) is 0 Å². The summed E-state index contributed by atoms with van der Waals surface area (Å²) in [4.78, 5) is 23.9. The Bertz CT molecular complexity index is 297. The summed E-state index contributed by atoms with van der Waals surface area (Å²) in [6.45, 7) is 7.00. The number of rotatable bonds is 4. The normalized spacial score (nSPS) is 22.3. The Morgan fingerprint density at radius 3 is 2.50 bits per heavy atom. The van der Waals surface area contributed by atoms with Crippen LogP contribution in [0, 0.1) is 17.3 Å². The first-order valence-corrected chi connectivity index (χ1v) is 6.55. The van der Waals surface area contributed by atoms with E-state index in [1.165, 1.54) is 7.11 Å². The smallest absolute Gasteiger partial charge is 0.306 e. The number of hydrogen-bond donors (Lipinski definition) is 0. The first kappa shape index (κ1) is 15.2. The van der Waals surface area contributed by atoms with Gasteiger partial charge in [0.2, 0.25) is 0 Å². The monoisotopic (exact) mass is 256 g/mol. The summed E-state index contributed by atoms with van der Waals surface area (Å²) in [6.07, 6.45) is 2.07. The number of methoxy groups -OCH3 is 1. The van der Waals surface area contributed by atoms with Gasteiger partial charge in [-0.1, -0.05) is 20.8 Å². The summed E-state index contributed by atoms with van der Waals surface area (Å²) in [5.41, 5.74) is -0.434. The van der Waals surface area contributed by atoms with Crippen LogP contribution in [0.5, 0.6) is 0 Å². The van der Waals surface area contributed by atoms with Gasteiger partial charge in [-0.05, 0) is 18.8 Å². The Hall–Kier alpha value is -0.900. The van der Waals surface area contributed by atoms with Crippen molar-refractivity contribution in [3.8, 4) is 0 Å². The molecule has 2 atom stereocenters. The van der Waals surface area contributed by atoms with Gasteiger partial charge in [-0.3, -0.25) is 9.59 Å². The first-order valence-electron chi connectivity index (χ1n) is 6.55. The van der Waals surface area contributed by atoms with Gasteiger partial charge in [0.05, 0.1) is 20.1 Å². The summed E-state index contributed by atoms with van der Waals surface area (Å²) < 4.78 is 10.1. The van der Waals surface area contributed by atoms with Crippen molar-refractivity contribution in [1.82, 2.24) is 0 Å². The van der Waals surface area contributed by atoms with Crippen LogP contribution in [0.25, 0.3) is 0 Å². The molecule has 1 saturated heterocycles. The van der Waals surface area contributed by atoms with Gasteiger partial charge in [-0.2, -0.15) is 0 Å². The van der Waals surface area contributed by atoms with Gasteiger partial charge in [-0.25, -0.2) is 0 Å². The lowest BCUT2D eigenvalue weighted by Crippen LogP contribution is -2.38. The molecule has 18 heavy (non-hydrogen) atoms. The summed E-state index contributed by atoms with van der Waals surface area (Å²) in [5.74, 6) is -0.325. The molecule has 0 aromatic rings. The highest BCUT2D eigenvalue weighted by Crippen LogP contribution is 2.32. The highest BCUT2D eigenvalue weighted by atomic mass is 16.5. The largest absolute Gasteiger partial charge is 0.469 e. The molecule has 0 saturated carbocycles. The number of ether oxygens (including phenoxy) is 2. The molecular weight excluding hydrogens is 232 g/mol. The number of carbonyl (C=O) groups is 2. The van der Waals surface area contributed by atoms with Crippen molar-refractivity contribution in [2.24, 2.45) is 17.3 Å². The van der Waals surface area contributed by atoms with Crippen molar-refractivity contribution in [2.45, 2.75) is 40.0 Å². The van der Waals surface area contributed by atoms with Crippen LogP contribution < -0.4 is 0 Å². The highest BCUT2D eigenvalue weighted by Gasteiger charge is 2.37. The molecule has 4 heteroatoms. The second kappa shape index (κ2) is 6.32. The van der Waals surface area contributed by atoms with Crippen molar-refractivity contribution in [3.63, 3.8) is 0 Å². The van der Waals surface area contributed by atoms with Crippen molar-refractivity contribution in [2.75, 3.05) is 20.3 Å². The SMILES string of the molecule is COC(=O)CC(C(=O)C(C)(C)C)C1CCCOC1. The van der Waals surface area contributed by atoms with Crippen LogP contribution in [0.3, 0.4) is 0 Å². The van der Waals surface area contributed by atoms with E-state index in [9.17, 15) is 9.59 Å². The number of ketones is 1. The average Bonchev–Trinajstić information content (AvgIpc) is 2.34. The van der Waals surface area contributed by atoms with Gasteiger partial charge in [0.15, 0.2) is 0 Å². The van der Waals surface area contributed by atoms with Crippen LogP contribution in [0.1, 0.15) is 40.0 Å². The van der Waals surface area contributed by atoms with Crippen molar-refractivity contribution in [1.29, 1.82) is 0 Å². The summed E-state index contributed by atoms with van der Waals surface area (Å²) in [5, 5.41) is 0. The van der Waals surface area contributed by atoms with Crippen molar-refractivity contribution in [3.05, 3.63) is 0 Å². The quantitative estimate of drug-likeness (QED) is 0.724. The third kappa shape index (κ3) is 4.09. The number of esters is 1. The van der Waals surface area contributed by atoms with Crippen molar-refractivity contribution < 1.29 is 19.1 Å². The van der Waals surface area contributed by atoms with Gasteiger partial charge >= 0.3 is 5.97 Å². The van der Waals surface area contributed by atoms with E-state index >= 15 is 0 Å². The van der Waals surface area contributed by atoms with E-state index < -0.39 is 5.41 Å². The maximum absolute atomic E-state index is 12.5. The molecule has 0 aromatic heterocycles. The Morgan fingerprint density at radius 1 is 1.39 bits per heavy atom. The van der Waals surface area contributed by atoms with Gasteiger partial charge in [0, 0.05) is 17.9 Å². The molecule has 2 unspecified atom stereocenters. The molecule has 1 rings (SSSR count). The van der Waals surface area contributed by atoms with Crippen LogP contribution in [0.4, 0.5) is 0 Å². The zero-order valence-corrected chi connectivity index (χ0v) is 11.8. The van der Waals surface area contributed by atoms with Crippen LogP contribution in [-0.4, -0.2) is 32.1 Å². The van der Waals surface area contributed by atoms with Crippen LogP contribution in [-0.2, 0) is 19.1 Å². The molecule has 0 bridgehead atoms. The first-order chi connectivity index (χ1) is 8.36. The minimum absolute atomic E-state index is 0.128. The Morgan fingerprint density at radius 2 is 2.06 bits per heavy atom. The van der Waals surface area contributed by atoms with E-state index in [4.69, 9.17) is 9.47 Å². The molecule has 0 aliphatic carbocycles.